The van der Waals surface area contributed by atoms with E-state index in [1.165, 1.54) is 12.1 Å². The molecule has 2 N–H and O–H groups in total. The van der Waals surface area contributed by atoms with Gasteiger partial charge in [-0.15, -0.1) is 0 Å². The summed E-state index contributed by atoms with van der Waals surface area (Å²) >= 11 is 0. The van der Waals surface area contributed by atoms with Crippen LogP contribution < -0.4 is 5.32 Å². The van der Waals surface area contributed by atoms with Gasteiger partial charge in [0.25, 0.3) is 0 Å². The summed E-state index contributed by atoms with van der Waals surface area (Å²) < 4.78 is 1.93. The average molecular weight is 323 g/mol. The minimum Gasteiger partial charge on any atom is -0.478 e. The van der Waals surface area contributed by atoms with Gasteiger partial charge in [0.15, 0.2) is 0 Å². The summed E-state index contributed by atoms with van der Waals surface area (Å²) in [6.45, 7) is 3.87. The minimum atomic E-state index is -0.996. The van der Waals surface area contributed by atoms with E-state index in [1.54, 1.807) is 12.1 Å². The molecular weight excluding hydrogens is 306 g/mol. The molecule has 1 amide bonds. The summed E-state index contributed by atoms with van der Waals surface area (Å²) in [7, 11) is 0. The second kappa shape index (κ2) is 6.16. The molecule has 0 saturated carbocycles. The molecule has 1 aromatic carbocycles. The van der Waals surface area contributed by atoms with Crippen LogP contribution in [0, 0.1) is 13.8 Å². The number of imidazole rings is 1. The number of nitrogens with one attached hydrogen (secondary N) is 1. The lowest BCUT2D eigenvalue weighted by atomic mass is 10.2. The van der Waals surface area contributed by atoms with Crippen molar-refractivity contribution in [1.82, 2.24) is 9.38 Å². The number of aromatic nitrogens is 2. The van der Waals surface area contributed by atoms with Gasteiger partial charge in [0.2, 0.25) is 5.91 Å². The number of carbonyl (C=O) groups is 2. The predicted octanol–water partition coefficient (Wildman–Crippen LogP) is 2.83. The predicted molar refractivity (Wildman–Crippen MR) is 90.4 cm³/mol. The number of hydrogen-bond donors (Lipinski definition) is 2. The molecule has 0 aliphatic heterocycles. The summed E-state index contributed by atoms with van der Waals surface area (Å²) in [6.07, 6.45) is 2.09. The molecule has 3 aromatic rings. The van der Waals surface area contributed by atoms with E-state index in [9.17, 15) is 9.59 Å². The summed E-state index contributed by atoms with van der Waals surface area (Å²) in [5.74, 6) is -1.17. The lowest BCUT2D eigenvalue weighted by Crippen LogP contribution is -2.16. The zero-order valence-corrected chi connectivity index (χ0v) is 13.4. The molecule has 0 bridgehead atoms. The van der Waals surface area contributed by atoms with Gasteiger partial charge in [-0.1, -0.05) is 6.07 Å². The monoisotopic (exact) mass is 323 g/mol. The molecule has 3 rings (SSSR count). The van der Waals surface area contributed by atoms with Crippen LogP contribution in [-0.4, -0.2) is 26.4 Å². The fourth-order valence-electron chi connectivity index (χ4n) is 2.63. The van der Waals surface area contributed by atoms with E-state index in [0.29, 0.717) is 5.69 Å². The highest BCUT2D eigenvalue weighted by Crippen LogP contribution is 2.17. The maximum Gasteiger partial charge on any atom is 0.335 e. The number of amides is 1. The van der Waals surface area contributed by atoms with Crippen molar-refractivity contribution >= 4 is 23.2 Å². The number of aryl methyl sites for hydroxylation is 2. The number of hydrogen-bond acceptors (Lipinski definition) is 3. The molecule has 122 valence electrons. The molecule has 6 nitrogen and oxygen atoms in total. The Hall–Kier alpha value is -3.15. The van der Waals surface area contributed by atoms with Gasteiger partial charge in [-0.25, -0.2) is 9.78 Å². The number of carboxylic acid groups (broad SMARTS) is 1. The molecule has 0 aliphatic rings. The highest BCUT2D eigenvalue weighted by molar-refractivity contribution is 5.93. The van der Waals surface area contributed by atoms with E-state index in [-0.39, 0.29) is 17.9 Å². The maximum absolute atomic E-state index is 12.3. The standard InChI is InChI=1S/C18H17N3O3/c1-11-4-3-9-21-15(12(2)19-17(11)21)10-16(22)20-14-7-5-13(6-8-14)18(23)24/h3-9H,10H2,1-2H3,(H,20,22)(H,23,24). The first-order valence-electron chi connectivity index (χ1n) is 7.52. The van der Waals surface area contributed by atoms with Gasteiger partial charge in [0.1, 0.15) is 5.65 Å². The van der Waals surface area contributed by atoms with Crippen molar-refractivity contribution in [2.45, 2.75) is 20.3 Å². The Morgan fingerprint density at radius 2 is 1.88 bits per heavy atom. The molecule has 24 heavy (non-hydrogen) atoms. The lowest BCUT2D eigenvalue weighted by molar-refractivity contribution is -0.115. The summed E-state index contributed by atoms with van der Waals surface area (Å²) in [5.41, 5.74) is 4.31. The summed E-state index contributed by atoms with van der Waals surface area (Å²) in [5, 5.41) is 11.7. The molecular formula is C18H17N3O3. The Bertz CT molecular complexity index is 927. The van der Waals surface area contributed by atoms with Crippen LogP contribution in [0.25, 0.3) is 5.65 Å². The van der Waals surface area contributed by atoms with E-state index < -0.39 is 5.97 Å². The number of carbonyl (C=O) groups excluding carboxylic acids is 1. The maximum atomic E-state index is 12.3. The minimum absolute atomic E-state index is 0.176. The largest absolute Gasteiger partial charge is 0.478 e. The van der Waals surface area contributed by atoms with Gasteiger partial charge in [-0.05, 0) is 49.7 Å². The smallest absolute Gasteiger partial charge is 0.335 e. The summed E-state index contributed by atoms with van der Waals surface area (Å²) in [4.78, 5) is 27.7. The van der Waals surface area contributed by atoms with Gasteiger partial charge in [0.05, 0.1) is 23.4 Å². The lowest BCUT2D eigenvalue weighted by Gasteiger charge is -2.07. The number of carboxylic acids is 1. The van der Waals surface area contributed by atoms with Gasteiger partial charge in [0, 0.05) is 11.9 Å². The highest BCUT2D eigenvalue weighted by atomic mass is 16.4. The molecule has 6 heteroatoms. The first-order chi connectivity index (χ1) is 11.5. The van der Waals surface area contributed by atoms with Crippen molar-refractivity contribution in [3.8, 4) is 0 Å². The van der Waals surface area contributed by atoms with Crippen molar-refractivity contribution in [3.63, 3.8) is 0 Å². The average Bonchev–Trinajstić information content (AvgIpc) is 2.85. The first-order valence-corrected chi connectivity index (χ1v) is 7.52. The van der Waals surface area contributed by atoms with Gasteiger partial charge < -0.3 is 14.8 Å². The molecule has 0 fully saturated rings. The van der Waals surface area contributed by atoms with Gasteiger partial charge >= 0.3 is 5.97 Å². The van der Waals surface area contributed by atoms with Crippen molar-refractivity contribution < 1.29 is 14.7 Å². The summed E-state index contributed by atoms with van der Waals surface area (Å²) in [6, 6.07) is 9.98. The van der Waals surface area contributed by atoms with Crippen LogP contribution in [0.2, 0.25) is 0 Å². The number of fused-ring (bicyclic) bond motifs is 1. The fraction of sp³-hybridized carbons (Fsp3) is 0.167. The van der Waals surface area contributed by atoms with Crippen LogP contribution in [0.1, 0.15) is 27.3 Å². The van der Waals surface area contributed by atoms with E-state index in [4.69, 9.17) is 5.11 Å². The third-order valence-electron chi connectivity index (χ3n) is 3.89. The first kappa shape index (κ1) is 15.7. The Kier molecular flexibility index (Phi) is 4.04. The van der Waals surface area contributed by atoms with E-state index in [2.05, 4.69) is 10.3 Å². The Labute approximate surface area is 138 Å². The number of pyridine rings is 1. The van der Waals surface area contributed by atoms with Crippen LogP contribution in [-0.2, 0) is 11.2 Å². The van der Waals surface area contributed by atoms with Gasteiger partial charge in [-0.3, -0.25) is 4.79 Å². The van der Waals surface area contributed by atoms with Crippen molar-refractivity contribution in [2.75, 3.05) is 5.32 Å². The van der Waals surface area contributed by atoms with Crippen LogP contribution >= 0.6 is 0 Å². The van der Waals surface area contributed by atoms with E-state index in [0.717, 1.165) is 22.6 Å². The molecule has 0 saturated heterocycles. The molecule has 0 aliphatic carbocycles. The molecule has 0 unspecified atom stereocenters. The number of aromatic carboxylic acids is 1. The molecule has 2 aromatic heterocycles. The van der Waals surface area contributed by atoms with Crippen LogP contribution in [0.5, 0.6) is 0 Å². The number of benzene rings is 1. The second-order valence-corrected chi connectivity index (χ2v) is 5.64. The SMILES string of the molecule is Cc1nc2c(C)cccn2c1CC(=O)Nc1ccc(C(=O)O)cc1. The van der Waals surface area contributed by atoms with Crippen LogP contribution in [0.4, 0.5) is 5.69 Å². The third-order valence-corrected chi connectivity index (χ3v) is 3.89. The fourth-order valence-corrected chi connectivity index (χ4v) is 2.63. The second-order valence-electron chi connectivity index (χ2n) is 5.64. The van der Waals surface area contributed by atoms with E-state index in [1.807, 2.05) is 36.6 Å². The highest BCUT2D eigenvalue weighted by Gasteiger charge is 2.14. The Morgan fingerprint density at radius 3 is 2.54 bits per heavy atom. The topological polar surface area (TPSA) is 83.7 Å². The zero-order valence-electron chi connectivity index (χ0n) is 13.4. The molecule has 0 atom stereocenters. The van der Waals surface area contributed by atoms with Crippen LogP contribution in [0.3, 0.4) is 0 Å². The quantitative estimate of drug-likeness (QED) is 0.773. The van der Waals surface area contributed by atoms with Crippen LogP contribution in [0.15, 0.2) is 42.6 Å². The van der Waals surface area contributed by atoms with E-state index >= 15 is 0 Å². The zero-order chi connectivity index (χ0) is 17.3. The number of nitrogens with zero attached hydrogens (tertiary/aromatic N) is 2. The third kappa shape index (κ3) is 2.99. The van der Waals surface area contributed by atoms with Gasteiger partial charge in [-0.2, -0.15) is 0 Å². The van der Waals surface area contributed by atoms with Crippen molar-refractivity contribution in [2.24, 2.45) is 0 Å². The molecule has 0 spiro atoms. The normalized spacial score (nSPS) is 10.8. The number of rotatable bonds is 4. The molecule has 0 radical (unpaired) electrons. The van der Waals surface area contributed by atoms with Crippen molar-refractivity contribution in [3.05, 3.63) is 65.1 Å². The van der Waals surface area contributed by atoms with Crippen molar-refractivity contribution in [1.29, 1.82) is 0 Å². The number of anilines is 1. The Balaban J connectivity index is 1.79. The molecule has 2 heterocycles. The Morgan fingerprint density at radius 1 is 1.17 bits per heavy atom.